The second kappa shape index (κ2) is 6.49. The van der Waals surface area contributed by atoms with Crippen LogP contribution in [-0.2, 0) is 10.0 Å². The first-order valence-electron chi connectivity index (χ1n) is 5.70. The summed E-state index contributed by atoms with van der Waals surface area (Å²) in [5.41, 5.74) is 0. The lowest BCUT2D eigenvalue weighted by Crippen LogP contribution is -2.39. The zero-order valence-corrected chi connectivity index (χ0v) is 12.1. The van der Waals surface area contributed by atoms with E-state index in [-0.39, 0.29) is 6.04 Å². The number of rotatable bonds is 7. The minimum atomic E-state index is -3.27. The topological polar surface area (TPSA) is 58.2 Å². The van der Waals surface area contributed by atoms with Gasteiger partial charge in [-0.2, -0.15) is 0 Å². The average molecular weight is 276 g/mol. The molecule has 0 aromatic carbocycles. The predicted octanol–water partition coefficient (Wildman–Crippen LogP) is 1.73. The molecule has 1 aromatic rings. The van der Waals surface area contributed by atoms with E-state index in [2.05, 4.69) is 10.0 Å². The summed E-state index contributed by atoms with van der Waals surface area (Å²) < 4.78 is 26.8. The molecule has 2 N–H and O–H groups in total. The molecule has 4 nitrogen and oxygen atoms in total. The van der Waals surface area contributed by atoms with Gasteiger partial charge in [-0.05, 0) is 31.8 Å². The highest BCUT2D eigenvalue weighted by atomic mass is 32.2. The first kappa shape index (κ1) is 14.6. The second-order valence-corrected chi connectivity index (χ2v) is 7.12. The molecule has 0 saturated carbocycles. The van der Waals surface area contributed by atoms with Crippen LogP contribution in [0.1, 0.15) is 31.2 Å². The standard InChI is InChI=1S/C11H20N2O2S2/c1-4-10(11-6-5-7-16-11)13-17(14,15)9(2)8-12-3/h5-7,9-10,12-13H,4,8H2,1-3H3. The molecule has 6 heteroatoms. The van der Waals surface area contributed by atoms with Gasteiger partial charge in [-0.3, -0.25) is 0 Å². The number of hydrogen-bond acceptors (Lipinski definition) is 4. The van der Waals surface area contributed by atoms with Gasteiger partial charge in [-0.25, -0.2) is 13.1 Å². The van der Waals surface area contributed by atoms with E-state index in [1.54, 1.807) is 25.3 Å². The monoisotopic (exact) mass is 276 g/mol. The SMILES string of the molecule is CCC(NS(=O)(=O)C(C)CNC)c1cccs1. The Kier molecular flexibility index (Phi) is 5.58. The number of hydrogen-bond donors (Lipinski definition) is 2. The maximum absolute atomic E-state index is 12.0. The van der Waals surface area contributed by atoms with Crippen LogP contribution in [0.3, 0.4) is 0 Å². The summed E-state index contributed by atoms with van der Waals surface area (Å²) in [5, 5.41) is 4.42. The van der Waals surface area contributed by atoms with Crippen molar-refractivity contribution in [1.82, 2.24) is 10.0 Å². The van der Waals surface area contributed by atoms with Gasteiger partial charge in [0.1, 0.15) is 0 Å². The van der Waals surface area contributed by atoms with Gasteiger partial charge in [0.2, 0.25) is 10.0 Å². The summed E-state index contributed by atoms with van der Waals surface area (Å²) in [4.78, 5) is 1.06. The van der Waals surface area contributed by atoms with Crippen molar-refractivity contribution in [3.8, 4) is 0 Å². The smallest absolute Gasteiger partial charge is 0.216 e. The molecule has 0 aliphatic carbocycles. The Morgan fingerprint density at radius 2 is 2.18 bits per heavy atom. The molecule has 1 aromatic heterocycles. The first-order valence-corrected chi connectivity index (χ1v) is 8.13. The van der Waals surface area contributed by atoms with Crippen LogP contribution in [0.15, 0.2) is 17.5 Å². The fraction of sp³-hybridized carbons (Fsp3) is 0.636. The van der Waals surface area contributed by atoms with Crippen LogP contribution in [0.2, 0.25) is 0 Å². The lowest BCUT2D eigenvalue weighted by Gasteiger charge is -2.19. The third-order valence-electron chi connectivity index (χ3n) is 2.62. The molecule has 98 valence electrons. The van der Waals surface area contributed by atoms with E-state index >= 15 is 0 Å². The summed E-state index contributed by atoms with van der Waals surface area (Å²) >= 11 is 1.58. The van der Waals surface area contributed by atoms with Crippen molar-refractivity contribution in [3.05, 3.63) is 22.4 Å². The maximum atomic E-state index is 12.0. The lowest BCUT2D eigenvalue weighted by atomic mass is 10.2. The van der Waals surface area contributed by atoms with Crippen molar-refractivity contribution in [3.63, 3.8) is 0 Å². The molecule has 1 rings (SSSR count). The molecule has 2 atom stereocenters. The molecular formula is C11H20N2O2S2. The lowest BCUT2D eigenvalue weighted by molar-refractivity contribution is 0.538. The summed E-state index contributed by atoms with van der Waals surface area (Å²) in [6.07, 6.45) is 0.756. The Hall–Kier alpha value is -0.430. The van der Waals surface area contributed by atoms with Gasteiger partial charge >= 0.3 is 0 Å². The van der Waals surface area contributed by atoms with E-state index in [0.29, 0.717) is 6.54 Å². The quantitative estimate of drug-likeness (QED) is 0.797. The minimum absolute atomic E-state index is 0.112. The van der Waals surface area contributed by atoms with Crippen LogP contribution in [0.4, 0.5) is 0 Å². The van der Waals surface area contributed by atoms with Gasteiger partial charge in [-0.1, -0.05) is 13.0 Å². The summed E-state index contributed by atoms with van der Waals surface area (Å²) in [6, 6.07) is 3.79. The molecule has 0 aliphatic heterocycles. The van der Waals surface area contributed by atoms with E-state index in [0.717, 1.165) is 11.3 Å². The fourth-order valence-corrected chi connectivity index (χ4v) is 3.79. The zero-order chi connectivity index (χ0) is 12.9. The van der Waals surface area contributed by atoms with Gasteiger partial charge in [0, 0.05) is 11.4 Å². The van der Waals surface area contributed by atoms with Crippen LogP contribution in [-0.4, -0.2) is 27.3 Å². The molecule has 1 heterocycles. The van der Waals surface area contributed by atoms with E-state index < -0.39 is 15.3 Å². The summed E-state index contributed by atoms with van der Waals surface area (Å²) in [6.45, 7) is 4.14. The van der Waals surface area contributed by atoms with Gasteiger partial charge in [0.25, 0.3) is 0 Å². The number of nitrogens with one attached hydrogen (secondary N) is 2. The molecular weight excluding hydrogens is 256 g/mol. The molecule has 2 unspecified atom stereocenters. The Labute approximate surface area is 107 Å². The van der Waals surface area contributed by atoms with Crippen molar-refractivity contribution in [2.24, 2.45) is 0 Å². The minimum Gasteiger partial charge on any atom is -0.318 e. The summed E-state index contributed by atoms with van der Waals surface area (Å²) in [5.74, 6) is 0. The van der Waals surface area contributed by atoms with Crippen molar-refractivity contribution in [1.29, 1.82) is 0 Å². The molecule has 0 spiro atoms. The molecule has 0 amide bonds. The van der Waals surface area contributed by atoms with Crippen LogP contribution in [0.5, 0.6) is 0 Å². The van der Waals surface area contributed by atoms with Crippen molar-refractivity contribution >= 4 is 21.4 Å². The Bertz CT molecular complexity index is 415. The van der Waals surface area contributed by atoms with Gasteiger partial charge in [-0.15, -0.1) is 11.3 Å². The molecule has 0 saturated heterocycles. The zero-order valence-electron chi connectivity index (χ0n) is 10.4. The fourth-order valence-electron chi connectivity index (χ4n) is 1.54. The van der Waals surface area contributed by atoms with Crippen molar-refractivity contribution in [2.45, 2.75) is 31.6 Å². The van der Waals surface area contributed by atoms with E-state index in [1.165, 1.54) is 0 Å². The van der Waals surface area contributed by atoms with Crippen LogP contribution < -0.4 is 10.0 Å². The van der Waals surface area contributed by atoms with Crippen molar-refractivity contribution < 1.29 is 8.42 Å². The van der Waals surface area contributed by atoms with Gasteiger partial charge < -0.3 is 5.32 Å². The Balaban J connectivity index is 2.75. The molecule has 0 fully saturated rings. The molecule has 0 bridgehead atoms. The third kappa shape index (κ3) is 4.06. The highest BCUT2D eigenvalue weighted by Gasteiger charge is 2.24. The first-order chi connectivity index (χ1) is 8.01. The predicted molar refractivity (Wildman–Crippen MR) is 72.8 cm³/mol. The number of thiophene rings is 1. The third-order valence-corrected chi connectivity index (χ3v) is 5.45. The highest BCUT2D eigenvalue weighted by molar-refractivity contribution is 7.90. The highest BCUT2D eigenvalue weighted by Crippen LogP contribution is 2.23. The van der Waals surface area contributed by atoms with Crippen molar-refractivity contribution in [2.75, 3.05) is 13.6 Å². The van der Waals surface area contributed by atoms with E-state index in [9.17, 15) is 8.42 Å². The second-order valence-electron chi connectivity index (χ2n) is 4.01. The van der Waals surface area contributed by atoms with Crippen LogP contribution in [0, 0.1) is 0 Å². The van der Waals surface area contributed by atoms with Gasteiger partial charge in [0.05, 0.1) is 11.3 Å². The van der Waals surface area contributed by atoms with Gasteiger partial charge in [0.15, 0.2) is 0 Å². The Morgan fingerprint density at radius 1 is 1.47 bits per heavy atom. The van der Waals surface area contributed by atoms with Crippen LogP contribution in [0.25, 0.3) is 0 Å². The molecule has 0 aliphatic rings. The van der Waals surface area contributed by atoms with Crippen LogP contribution >= 0.6 is 11.3 Å². The largest absolute Gasteiger partial charge is 0.318 e. The Morgan fingerprint density at radius 3 is 2.65 bits per heavy atom. The molecule has 0 radical (unpaired) electrons. The van der Waals surface area contributed by atoms with E-state index in [4.69, 9.17) is 0 Å². The normalized spacial score (nSPS) is 15.7. The number of sulfonamides is 1. The molecule has 17 heavy (non-hydrogen) atoms. The average Bonchev–Trinajstić information content (AvgIpc) is 2.79. The summed E-state index contributed by atoms with van der Waals surface area (Å²) in [7, 11) is -1.51. The van der Waals surface area contributed by atoms with E-state index in [1.807, 2.05) is 24.4 Å². The maximum Gasteiger partial charge on any atom is 0.216 e.